The first kappa shape index (κ1) is 23.4. The van der Waals surface area contributed by atoms with Gasteiger partial charge in [-0.2, -0.15) is 0 Å². The molecule has 2 heterocycles. The van der Waals surface area contributed by atoms with Gasteiger partial charge in [0.15, 0.2) is 5.16 Å². The molecule has 6 heteroatoms. The van der Waals surface area contributed by atoms with E-state index in [1.54, 1.807) is 11.8 Å². The van der Waals surface area contributed by atoms with Crippen LogP contribution in [0.15, 0.2) is 84.1 Å². The van der Waals surface area contributed by atoms with Crippen molar-refractivity contribution in [2.75, 3.05) is 19.7 Å². The van der Waals surface area contributed by atoms with Crippen LogP contribution in [0.25, 0.3) is 21.8 Å². The first-order valence-electron chi connectivity index (χ1n) is 12.0. The summed E-state index contributed by atoms with van der Waals surface area (Å²) in [5.41, 5.74) is 5.51. The fraction of sp³-hybridized carbons (Fsp3) is 0.241. The highest BCUT2D eigenvalue weighted by molar-refractivity contribution is 7.98. The lowest BCUT2D eigenvalue weighted by atomic mass is 10.0. The smallest absolute Gasteiger partial charge is 0.166 e. The van der Waals surface area contributed by atoms with Gasteiger partial charge in [0.2, 0.25) is 0 Å². The number of pyridine rings is 1. The van der Waals surface area contributed by atoms with Crippen molar-refractivity contribution in [1.82, 2.24) is 19.9 Å². The van der Waals surface area contributed by atoms with Gasteiger partial charge < -0.3 is 9.72 Å². The molecule has 35 heavy (non-hydrogen) atoms. The highest BCUT2D eigenvalue weighted by Crippen LogP contribution is 2.27. The van der Waals surface area contributed by atoms with Crippen LogP contribution in [0.4, 0.5) is 0 Å². The molecule has 0 aliphatic rings. The van der Waals surface area contributed by atoms with Crippen LogP contribution in [0.3, 0.4) is 0 Å². The number of aromatic nitrogens is 3. The molecule has 0 spiro atoms. The topological polar surface area (TPSA) is 54.0 Å². The van der Waals surface area contributed by atoms with Gasteiger partial charge in [-0.25, -0.2) is 4.98 Å². The number of thioether (sulfide) groups is 1. The van der Waals surface area contributed by atoms with Crippen LogP contribution >= 0.6 is 11.8 Å². The molecule has 3 aromatic carbocycles. The molecular weight excluding hydrogens is 452 g/mol. The van der Waals surface area contributed by atoms with Crippen LogP contribution < -0.4 is 4.74 Å². The van der Waals surface area contributed by atoms with Crippen molar-refractivity contribution in [3.05, 3.63) is 95.8 Å². The molecule has 5 nitrogen and oxygen atoms in total. The summed E-state index contributed by atoms with van der Waals surface area (Å²) in [6.45, 7) is 7.68. The summed E-state index contributed by atoms with van der Waals surface area (Å²) < 4.78 is 6.22. The minimum atomic E-state index is 0.639. The second-order valence-corrected chi connectivity index (χ2v) is 9.55. The number of rotatable bonds is 10. The zero-order valence-electron chi connectivity index (χ0n) is 20.2. The molecule has 1 N–H and O–H groups in total. The lowest BCUT2D eigenvalue weighted by Gasteiger charge is -2.22. The third-order valence-corrected chi connectivity index (χ3v) is 7.24. The molecule has 178 valence electrons. The number of nitrogens with zero attached hydrogens (tertiary/aromatic N) is 3. The Kier molecular flexibility index (Phi) is 7.31. The first-order chi connectivity index (χ1) is 17.2. The van der Waals surface area contributed by atoms with E-state index >= 15 is 0 Å². The number of hydrogen-bond acceptors (Lipinski definition) is 5. The van der Waals surface area contributed by atoms with Gasteiger partial charge in [0.1, 0.15) is 12.4 Å². The zero-order valence-corrected chi connectivity index (χ0v) is 21.0. The van der Waals surface area contributed by atoms with Crippen molar-refractivity contribution >= 4 is 33.6 Å². The fourth-order valence-electron chi connectivity index (χ4n) is 4.30. The molecule has 5 rings (SSSR count). The number of para-hydroxylation sites is 2. The molecule has 0 saturated heterocycles. The standard InChI is InChI=1S/C29H30N4OS/c1-3-33(19-23-11-8-10-22-9-4-5-12-24(22)23)17-18-34-28-15-16-30-27(21(28)2)20-35-29-31-25-13-6-7-14-26(25)32-29/h4-16H,3,17-20H2,1-2H3,(H,31,32). The number of imidazole rings is 1. The van der Waals surface area contributed by atoms with Crippen molar-refractivity contribution in [3.8, 4) is 5.75 Å². The maximum atomic E-state index is 6.22. The Morgan fingerprint density at radius 3 is 2.69 bits per heavy atom. The largest absolute Gasteiger partial charge is 0.492 e. The van der Waals surface area contributed by atoms with E-state index in [-0.39, 0.29) is 0 Å². The molecule has 0 bridgehead atoms. The predicted octanol–water partition coefficient (Wildman–Crippen LogP) is 6.61. The summed E-state index contributed by atoms with van der Waals surface area (Å²) in [4.78, 5) is 15.1. The predicted molar refractivity (Wildman–Crippen MR) is 145 cm³/mol. The summed E-state index contributed by atoms with van der Waals surface area (Å²) >= 11 is 1.66. The Morgan fingerprint density at radius 1 is 0.971 bits per heavy atom. The number of aromatic amines is 1. The van der Waals surface area contributed by atoms with Crippen molar-refractivity contribution in [3.63, 3.8) is 0 Å². The number of ether oxygens (including phenoxy) is 1. The van der Waals surface area contributed by atoms with Crippen LogP contribution in [0.5, 0.6) is 5.75 Å². The van der Waals surface area contributed by atoms with Gasteiger partial charge in [-0.1, -0.05) is 73.3 Å². The highest BCUT2D eigenvalue weighted by Gasteiger charge is 2.11. The molecule has 0 amide bonds. The van der Waals surface area contributed by atoms with E-state index in [4.69, 9.17) is 4.74 Å². The van der Waals surface area contributed by atoms with E-state index in [1.807, 2.05) is 36.5 Å². The number of fused-ring (bicyclic) bond motifs is 2. The first-order valence-corrected chi connectivity index (χ1v) is 13.0. The van der Waals surface area contributed by atoms with Gasteiger partial charge in [-0.05, 0) is 48.0 Å². The molecule has 0 unspecified atom stereocenters. The Labute approximate surface area is 210 Å². The Balaban J connectivity index is 1.19. The van der Waals surface area contributed by atoms with E-state index in [0.717, 1.165) is 58.6 Å². The third kappa shape index (κ3) is 5.50. The van der Waals surface area contributed by atoms with E-state index in [0.29, 0.717) is 6.61 Å². The average molecular weight is 483 g/mol. The van der Waals surface area contributed by atoms with Crippen molar-refractivity contribution in [1.29, 1.82) is 0 Å². The average Bonchev–Trinajstić information content (AvgIpc) is 3.31. The number of likely N-dealkylation sites (N-methyl/N-ethyl adjacent to an activating group) is 1. The van der Waals surface area contributed by atoms with Crippen LogP contribution in [0.2, 0.25) is 0 Å². The highest BCUT2D eigenvalue weighted by atomic mass is 32.2. The molecule has 0 fully saturated rings. The molecule has 5 aromatic rings. The molecule has 0 radical (unpaired) electrons. The summed E-state index contributed by atoms with van der Waals surface area (Å²) in [7, 11) is 0. The number of benzene rings is 3. The molecule has 0 saturated carbocycles. The van der Waals surface area contributed by atoms with Gasteiger partial charge in [0.05, 0.1) is 16.7 Å². The van der Waals surface area contributed by atoms with Gasteiger partial charge in [0, 0.05) is 30.6 Å². The molecule has 2 aromatic heterocycles. The summed E-state index contributed by atoms with van der Waals surface area (Å²) in [6, 6.07) is 25.2. The second-order valence-electron chi connectivity index (χ2n) is 8.58. The van der Waals surface area contributed by atoms with Crippen LogP contribution in [-0.2, 0) is 12.3 Å². The van der Waals surface area contributed by atoms with Crippen molar-refractivity contribution in [2.24, 2.45) is 0 Å². The van der Waals surface area contributed by atoms with Gasteiger partial charge >= 0.3 is 0 Å². The molecule has 0 aliphatic heterocycles. The molecule has 0 atom stereocenters. The minimum absolute atomic E-state index is 0.639. The van der Waals surface area contributed by atoms with Gasteiger partial charge in [-0.3, -0.25) is 9.88 Å². The van der Waals surface area contributed by atoms with Gasteiger partial charge in [0.25, 0.3) is 0 Å². The van der Waals surface area contributed by atoms with E-state index < -0.39 is 0 Å². The number of hydrogen-bond donors (Lipinski definition) is 1. The van der Waals surface area contributed by atoms with Crippen molar-refractivity contribution < 1.29 is 4.74 Å². The Bertz CT molecular complexity index is 1390. The molecular formula is C29H30N4OS. The summed E-state index contributed by atoms with van der Waals surface area (Å²) in [6.07, 6.45) is 1.84. The number of nitrogens with one attached hydrogen (secondary N) is 1. The van der Waals surface area contributed by atoms with Crippen LogP contribution in [0, 0.1) is 6.92 Å². The lowest BCUT2D eigenvalue weighted by molar-refractivity contribution is 0.209. The minimum Gasteiger partial charge on any atom is -0.492 e. The maximum absolute atomic E-state index is 6.22. The van der Waals surface area contributed by atoms with Gasteiger partial charge in [-0.15, -0.1) is 0 Å². The Morgan fingerprint density at radius 2 is 1.80 bits per heavy atom. The summed E-state index contributed by atoms with van der Waals surface area (Å²) in [5, 5.41) is 3.52. The second kappa shape index (κ2) is 10.9. The lowest BCUT2D eigenvalue weighted by Crippen LogP contribution is -2.28. The van der Waals surface area contributed by atoms with E-state index in [1.165, 1.54) is 16.3 Å². The monoisotopic (exact) mass is 482 g/mol. The fourth-order valence-corrected chi connectivity index (χ4v) is 5.21. The quantitative estimate of drug-likeness (QED) is 0.227. The number of H-pyrrole nitrogens is 1. The molecule has 0 aliphatic carbocycles. The SMILES string of the molecule is CCN(CCOc1ccnc(CSc2nc3ccccc3[nH]2)c1C)Cc1cccc2ccccc12. The maximum Gasteiger partial charge on any atom is 0.166 e. The Hall–Kier alpha value is -3.35. The van der Waals surface area contributed by atoms with Crippen molar-refractivity contribution in [2.45, 2.75) is 31.3 Å². The van der Waals surface area contributed by atoms with Crippen LogP contribution in [-0.4, -0.2) is 39.5 Å². The normalized spacial score (nSPS) is 11.5. The summed E-state index contributed by atoms with van der Waals surface area (Å²) in [5.74, 6) is 1.65. The van der Waals surface area contributed by atoms with E-state index in [9.17, 15) is 0 Å². The zero-order chi connectivity index (χ0) is 24.0. The van der Waals surface area contributed by atoms with Crippen LogP contribution in [0.1, 0.15) is 23.7 Å². The third-order valence-electron chi connectivity index (χ3n) is 6.36. The van der Waals surface area contributed by atoms with E-state index in [2.05, 4.69) is 76.2 Å².